The van der Waals surface area contributed by atoms with Crippen LogP contribution >= 0.6 is 11.6 Å². The molecule has 4 rings (SSSR count). The van der Waals surface area contributed by atoms with E-state index in [0.717, 1.165) is 22.1 Å². The fourth-order valence-corrected chi connectivity index (χ4v) is 4.11. The maximum Gasteiger partial charge on any atom is 0.335 e. The molecule has 156 valence electrons. The van der Waals surface area contributed by atoms with Gasteiger partial charge in [-0.15, -0.1) is 0 Å². The molecule has 2 aromatic carbocycles. The lowest BCUT2D eigenvalue weighted by Gasteiger charge is -2.26. The van der Waals surface area contributed by atoms with Crippen LogP contribution in [0.5, 0.6) is 17.4 Å². The second-order valence-corrected chi connectivity index (χ2v) is 7.41. The lowest BCUT2D eigenvalue weighted by atomic mass is 9.90. The third-order valence-corrected chi connectivity index (χ3v) is 5.53. The smallest absolute Gasteiger partial charge is 0.335 e. The molecule has 0 unspecified atom stereocenters. The number of aromatic nitrogens is 2. The second-order valence-electron chi connectivity index (χ2n) is 6.97. The Morgan fingerprint density at radius 1 is 1.17 bits per heavy atom. The van der Waals surface area contributed by atoms with Gasteiger partial charge in [-0.25, -0.2) is 9.36 Å². The topological polar surface area (TPSA) is 110 Å². The number of quaternary nitrogens is 1. The second kappa shape index (κ2) is 7.89. The molecule has 1 aliphatic rings. The number of halogens is 1. The summed E-state index contributed by atoms with van der Waals surface area (Å²) < 4.78 is 11.8. The van der Waals surface area contributed by atoms with Crippen molar-refractivity contribution in [2.45, 2.75) is 12.5 Å². The third-order valence-electron chi connectivity index (χ3n) is 5.29. The largest absolute Gasteiger partial charge is 0.494 e. The molecule has 9 heteroatoms. The summed E-state index contributed by atoms with van der Waals surface area (Å²) in [6, 6.07) is 9.65. The van der Waals surface area contributed by atoms with Gasteiger partial charge in [-0.2, -0.15) is 0 Å². The summed E-state index contributed by atoms with van der Waals surface area (Å²) in [5, 5.41) is 13.4. The van der Waals surface area contributed by atoms with Gasteiger partial charge in [0.15, 0.2) is 11.5 Å². The zero-order valence-electron chi connectivity index (χ0n) is 16.4. The van der Waals surface area contributed by atoms with Crippen molar-refractivity contribution in [2.24, 2.45) is 0 Å². The molecule has 2 heterocycles. The Morgan fingerprint density at radius 2 is 1.90 bits per heavy atom. The van der Waals surface area contributed by atoms with E-state index in [-0.39, 0.29) is 5.56 Å². The number of nitrogens with zero attached hydrogens (tertiary/aromatic N) is 1. The van der Waals surface area contributed by atoms with Gasteiger partial charge in [-0.1, -0.05) is 17.7 Å². The number of ether oxygens (including phenoxy) is 2. The normalized spacial score (nSPS) is 15.5. The molecule has 0 spiro atoms. The van der Waals surface area contributed by atoms with Crippen LogP contribution in [0.2, 0.25) is 5.02 Å². The highest BCUT2D eigenvalue weighted by atomic mass is 35.5. The number of fused-ring (bicyclic) bond motifs is 1. The number of nitrogens with one attached hydrogen (secondary N) is 1. The van der Waals surface area contributed by atoms with Crippen molar-refractivity contribution in [1.29, 1.82) is 0 Å². The Hall–Kier alpha value is -3.23. The number of hydrogen-bond acceptors (Lipinski definition) is 5. The minimum Gasteiger partial charge on any atom is -0.494 e. The maximum absolute atomic E-state index is 12.8. The highest BCUT2D eigenvalue weighted by molar-refractivity contribution is 6.30. The predicted octanol–water partition coefficient (Wildman–Crippen LogP) is 1.11. The first-order valence-electron chi connectivity index (χ1n) is 9.36. The number of nitrogens with two attached hydrogens (primary N) is 1. The van der Waals surface area contributed by atoms with Crippen LogP contribution in [0.3, 0.4) is 0 Å². The molecule has 1 atom stereocenters. The number of H-pyrrole nitrogens is 1. The van der Waals surface area contributed by atoms with Crippen molar-refractivity contribution in [3.05, 3.63) is 78.9 Å². The van der Waals surface area contributed by atoms with Crippen LogP contribution in [0.1, 0.15) is 22.7 Å². The molecule has 0 amide bonds. The summed E-state index contributed by atoms with van der Waals surface area (Å²) in [4.78, 5) is 27.6. The van der Waals surface area contributed by atoms with Crippen molar-refractivity contribution in [2.75, 3.05) is 20.8 Å². The number of methoxy groups -OCH3 is 2. The van der Waals surface area contributed by atoms with Gasteiger partial charge in [0.25, 0.3) is 5.56 Å². The Morgan fingerprint density at radius 3 is 2.60 bits per heavy atom. The highest BCUT2D eigenvalue weighted by Gasteiger charge is 2.33. The van der Waals surface area contributed by atoms with E-state index in [0.29, 0.717) is 28.8 Å². The third kappa shape index (κ3) is 3.34. The van der Waals surface area contributed by atoms with Crippen LogP contribution in [0.4, 0.5) is 0 Å². The number of aromatic hydroxyl groups is 1. The molecular formula is C21H21ClN3O5+. The van der Waals surface area contributed by atoms with E-state index in [2.05, 4.69) is 4.98 Å². The average molecular weight is 431 g/mol. The van der Waals surface area contributed by atoms with Gasteiger partial charge in [0.1, 0.15) is 11.6 Å². The van der Waals surface area contributed by atoms with Gasteiger partial charge in [0.05, 0.1) is 26.5 Å². The first kappa shape index (κ1) is 20.1. The molecule has 1 aliphatic heterocycles. The molecule has 4 N–H and O–H groups in total. The molecule has 0 radical (unpaired) electrons. The summed E-state index contributed by atoms with van der Waals surface area (Å²) in [6.45, 7) is 0.697. The molecule has 0 saturated carbocycles. The number of rotatable bonds is 4. The molecule has 1 aromatic heterocycles. The Kier molecular flexibility index (Phi) is 5.27. The summed E-state index contributed by atoms with van der Waals surface area (Å²) in [6.07, 6.45) is 0.763. The monoisotopic (exact) mass is 430 g/mol. The summed E-state index contributed by atoms with van der Waals surface area (Å²) in [5.41, 5.74) is 0.857. The average Bonchev–Trinajstić information content (AvgIpc) is 2.72. The Balaban J connectivity index is 1.94. The number of hydrogen-bond donors (Lipinski definition) is 3. The highest BCUT2D eigenvalue weighted by Crippen LogP contribution is 2.36. The van der Waals surface area contributed by atoms with Gasteiger partial charge in [-0.05, 0) is 35.9 Å². The maximum atomic E-state index is 12.8. The van der Waals surface area contributed by atoms with E-state index in [9.17, 15) is 14.7 Å². The van der Waals surface area contributed by atoms with Crippen LogP contribution in [-0.2, 0) is 6.42 Å². The fourth-order valence-electron chi connectivity index (χ4n) is 3.92. The SMILES string of the molecule is COc1cc2c(cc1OC)[C@H](c1c(O)n(-c3cccc(Cl)c3)c(=O)[nH]c1=O)[NH2+]CC2. The van der Waals surface area contributed by atoms with Gasteiger partial charge < -0.3 is 19.9 Å². The van der Waals surface area contributed by atoms with Crippen molar-refractivity contribution in [1.82, 2.24) is 9.55 Å². The van der Waals surface area contributed by atoms with E-state index < -0.39 is 23.2 Å². The van der Waals surface area contributed by atoms with Crippen molar-refractivity contribution in [3.8, 4) is 23.1 Å². The molecule has 8 nitrogen and oxygen atoms in total. The van der Waals surface area contributed by atoms with Crippen molar-refractivity contribution < 1.29 is 19.9 Å². The molecule has 0 saturated heterocycles. The minimum atomic E-state index is -0.744. The van der Waals surface area contributed by atoms with E-state index in [1.165, 1.54) is 13.2 Å². The van der Waals surface area contributed by atoms with E-state index >= 15 is 0 Å². The standard InChI is InChI=1S/C21H20ClN3O5/c1-29-15-8-11-6-7-23-18(14(11)10-16(15)30-2)17-19(26)24-21(28)25(20(17)27)13-5-3-4-12(22)9-13/h3-5,8-10,18,23,27H,6-7H2,1-2H3,(H,24,26,28)/p+1/t18-/m1/s1. The Bertz CT molecular complexity index is 1230. The van der Waals surface area contributed by atoms with E-state index in [4.69, 9.17) is 21.1 Å². The van der Waals surface area contributed by atoms with Crippen LogP contribution in [-0.4, -0.2) is 35.4 Å². The molecule has 0 fully saturated rings. The van der Waals surface area contributed by atoms with Crippen LogP contribution in [0.15, 0.2) is 46.0 Å². The summed E-state index contributed by atoms with van der Waals surface area (Å²) in [5.74, 6) is 0.699. The van der Waals surface area contributed by atoms with Gasteiger partial charge in [0.2, 0.25) is 5.88 Å². The molecular weight excluding hydrogens is 410 g/mol. The zero-order chi connectivity index (χ0) is 21.4. The van der Waals surface area contributed by atoms with E-state index in [1.54, 1.807) is 25.3 Å². The van der Waals surface area contributed by atoms with Crippen LogP contribution in [0.25, 0.3) is 5.69 Å². The van der Waals surface area contributed by atoms with Crippen molar-refractivity contribution >= 4 is 11.6 Å². The Labute approximate surface area is 176 Å². The fraction of sp³-hybridized carbons (Fsp3) is 0.238. The summed E-state index contributed by atoms with van der Waals surface area (Å²) >= 11 is 6.05. The summed E-state index contributed by atoms with van der Waals surface area (Å²) in [7, 11) is 3.10. The first-order chi connectivity index (χ1) is 14.4. The molecule has 0 bridgehead atoms. The predicted molar refractivity (Wildman–Crippen MR) is 111 cm³/mol. The van der Waals surface area contributed by atoms with Crippen molar-refractivity contribution in [3.63, 3.8) is 0 Å². The lowest BCUT2D eigenvalue weighted by Crippen LogP contribution is -2.87. The van der Waals surface area contributed by atoms with Crippen LogP contribution in [0, 0.1) is 0 Å². The van der Waals surface area contributed by atoms with Crippen LogP contribution < -0.4 is 26.0 Å². The van der Waals surface area contributed by atoms with E-state index in [1.807, 2.05) is 17.4 Å². The zero-order valence-corrected chi connectivity index (χ0v) is 17.2. The molecule has 30 heavy (non-hydrogen) atoms. The minimum absolute atomic E-state index is 0.0859. The lowest BCUT2D eigenvalue weighted by molar-refractivity contribution is -0.690. The van der Waals surface area contributed by atoms with Gasteiger partial charge in [0, 0.05) is 17.0 Å². The number of benzene rings is 2. The van der Waals surface area contributed by atoms with Gasteiger partial charge in [-0.3, -0.25) is 9.78 Å². The molecule has 0 aliphatic carbocycles. The number of aromatic amines is 1. The quantitative estimate of drug-likeness (QED) is 0.574. The molecule has 3 aromatic rings. The first-order valence-corrected chi connectivity index (χ1v) is 9.74. The van der Waals surface area contributed by atoms with Gasteiger partial charge >= 0.3 is 5.69 Å².